The number of carbonyl (C=O) groups excluding carboxylic acids is 2. The fraction of sp³-hybridized carbons (Fsp3) is 0.333. The summed E-state index contributed by atoms with van der Waals surface area (Å²) in [6.07, 6.45) is 1.57. The Bertz CT molecular complexity index is 1490. The number of piperidine rings is 1. The lowest BCUT2D eigenvalue weighted by Crippen LogP contribution is -2.38. The van der Waals surface area contributed by atoms with Gasteiger partial charge in [0.15, 0.2) is 0 Å². The Morgan fingerprint density at radius 2 is 1.70 bits per heavy atom. The van der Waals surface area contributed by atoms with E-state index in [4.69, 9.17) is 14.2 Å². The van der Waals surface area contributed by atoms with E-state index in [1.54, 1.807) is 6.92 Å². The van der Waals surface area contributed by atoms with Gasteiger partial charge in [-0.3, -0.25) is 9.59 Å². The van der Waals surface area contributed by atoms with E-state index in [9.17, 15) is 9.59 Å². The van der Waals surface area contributed by atoms with Gasteiger partial charge in [0.2, 0.25) is 0 Å². The minimum absolute atomic E-state index is 0.0609. The van der Waals surface area contributed by atoms with E-state index in [2.05, 4.69) is 15.4 Å². The number of anilines is 2. The first-order chi connectivity index (χ1) is 19.6. The number of hydrogen-bond donors (Lipinski definition) is 1. The predicted octanol–water partition coefficient (Wildman–Crippen LogP) is 5.22. The number of thiazole rings is 1. The predicted molar refractivity (Wildman–Crippen MR) is 154 cm³/mol. The molecule has 0 radical (unpaired) electrons. The number of amides is 2. The van der Waals surface area contributed by atoms with Gasteiger partial charge in [0.05, 0.1) is 29.6 Å². The van der Waals surface area contributed by atoms with Gasteiger partial charge >= 0.3 is 0 Å². The molecule has 2 fully saturated rings. The lowest BCUT2D eigenvalue weighted by atomic mass is 9.96. The van der Waals surface area contributed by atoms with E-state index in [0.717, 1.165) is 47.9 Å². The highest BCUT2D eigenvalue weighted by molar-refractivity contribution is 7.10. The van der Waals surface area contributed by atoms with Gasteiger partial charge in [0, 0.05) is 43.0 Å². The highest BCUT2D eigenvalue weighted by Gasteiger charge is 2.31. The first-order valence-corrected chi connectivity index (χ1v) is 14.5. The lowest BCUT2D eigenvalue weighted by Gasteiger charge is -2.31. The van der Waals surface area contributed by atoms with Gasteiger partial charge in [-0.25, -0.2) is 4.98 Å². The quantitative estimate of drug-likeness (QED) is 0.347. The number of benzene rings is 2. The van der Waals surface area contributed by atoms with Crippen molar-refractivity contribution in [1.29, 1.82) is 0 Å². The molecule has 9 nitrogen and oxygen atoms in total. The molecule has 0 aliphatic carbocycles. The number of likely N-dealkylation sites (tertiary alicyclic amines) is 1. The molecule has 2 aromatic carbocycles. The van der Waals surface area contributed by atoms with Crippen molar-refractivity contribution < 1.29 is 18.8 Å². The van der Waals surface area contributed by atoms with Crippen molar-refractivity contribution in [3.63, 3.8) is 0 Å². The summed E-state index contributed by atoms with van der Waals surface area (Å²) in [7, 11) is 0. The van der Waals surface area contributed by atoms with E-state index in [-0.39, 0.29) is 17.7 Å². The molecule has 0 saturated carbocycles. The maximum absolute atomic E-state index is 13.5. The molecule has 2 aliphatic heterocycles. The minimum atomic E-state index is -0.216. The van der Waals surface area contributed by atoms with Crippen molar-refractivity contribution in [2.45, 2.75) is 25.7 Å². The van der Waals surface area contributed by atoms with Gasteiger partial charge in [0.25, 0.3) is 11.8 Å². The van der Waals surface area contributed by atoms with Gasteiger partial charge in [-0.2, -0.15) is 0 Å². The standard InChI is InChI=1S/C30H31N5O4S/c1-20-26(27(33-39-20)21-7-3-2-4-8-21)30(37)35-13-11-22(12-14-35)29-32-24(19-40-29)28(36)31-23-9-5-6-10-25(23)34-15-17-38-18-16-34/h2-10,19,22H,11-18H2,1H3,(H,31,36). The molecule has 4 heterocycles. The van der Waals surface area contributed by atoms with Gasteiger partial charge in [-0.1, -0.05) is 47.6 Å². The molecule has 2 saturated heterocycles. The van der Waals surface area contributed by atoms with Crippen LogP contribution in [-0.4, -0.2) is 66.2 Å². The summed E-state index contributed by atoms with van der Waals surface area (Å²) in [5, 5.41) is 9.99. The van der Waals surface area contributed by atoms with Gasteiger partial charge in [-0.15, -0.1) is 11.3 Å². The average molecular weight is 558 g/mol. The fourth-order valence-electron chi connectivity index (χ4n) is 5.33. The van der Waals surface area contributed by atoms with Crippen LogP contribution in [0.4, 0.5) is 11.4 Å². The lowest BCUT2D eigenvalue weighted by molar-refractivity contribution is 0.0711. The van der Waals surface area contributed by atoms with Crippen LogP contribution in [-0.2, 0) is 4.74 Å². The zero-order valence-electron chi connectivity index (χ0n) is 22.3. The van der Waals surface area contributed by atoms with Crippen LogP contribution in [0.5, 0.6) is 0 Å². The maximum Gasteiger partial charge on any atom is 0.275 e. The molecule has 2 aliphatic rings. The largest absolute Gasteiger partial charge is 0.378 e. The molecule has 0 unspecified atom stereocenters. The Labute approximate surface area is 236 Å². The summed E-state index contributed by atoms with van der Waals surface area (Å²) in [6, 6.07) is 17.5. The zero-order chi connectivity index (χ0) is 27.5. The molecule has 0 spiro atoms. The highest BCUT2D eigenvalue weighted by atomic mass is 32.1. The molecule has 40 heavy (non-hydrogen) atoms. The summed E-state index contributed by atoms with van der Waals surface area (Å²) < 4.78 is 10.9. The molecular weight excluding hydrogens is 526 g/mol. The molecule has 1 N–H and O–H groups in total. The normalized spacial score (nSPS) is 16.2. The van der Waals surface area contributed by atoms with Crippen molar-refractivity contribution in [3.8, 4) is 11.3 Å². The zero-order valence-corrected chi connectivity index (χ0v) is 23.2. The Kier molecular flexibility index (Phi) is 7.61. The Morgan fingerprint density at radius 1 is 0.975 bits per heavy atom. The van der Waals surface area contributed by atoms with Crippen molar-refractivity contribution in [2.24, 2.45) is 0 Å². The van der Waals surface area contributed by atoms with Crippen molar-refractivity contribution >= 4 is 34.5 Å². The van der Waals surface area contributed by atoms with Crippen LogP contribution in [0.3, 0.4) is 0 Å². The summed E-state index contributed by atoms with van der Waals surface area (Å²) in [5.41, 5.74) is 4.15. The van der Waals surface area contributed by atoms with Gasteiger partial charge < -0.3 is 24.4 Å². The van der Waals surface area contributed by atoms with Crippen LogP contribution in [0.1, 0.15) is 50.4 Å². The fourth-order valence-corrected chi connectivity index (χ4v) is 6.30. The number of aromatic nitrogens is 2. The second kappa shape index (κ2) is 11.6. The maximum atomic E-state index is 13.5. The number of carbonyl (C=O) groups is 2. The van der Waals surface area contributed by atoms with Crippen molar-refractivity contribution in [1.82, 2.24) is 15.0 Å². The molecule has 6 rings (SSSR count). The summed E-state index contributed by atoms with van der Waals surface area (Å²) >= 11 is 1.51. The Hall–Kier alpha value is -4.02. The second-order valence-corrected chi connectivity index (χ2v) is 10.9. The summed E-state index contributed by atoms with van der Waals surface area (Å²) in [6.45, 7) is 5.93. The van der Waals surface area contributed by atoms with Crippen molar-refractivity contribution in [3.05, 3.63) is 82.0 Å². The number of hydrogen-bond acceptors (Lipinski definition) is 8. The van der Waals surface area contributed by atoms with Gasteiger partial charge in [-0.05, 0) is 31.9 Å². The number of para-hydroxylation sites is 2. The number of aryl methyl sites for hydroxylation is 1. The summed E-state index contributed by atoms with van der Waals surface area (Å²) in [4.78, 5) is 35.4. The molecule has 0 atom stereocenters. The third kappa shape index (κ3) is 5.37. The molecule has 206 valence electrons. The topological polar surface area (TPSA) is 101 Å². The summed E-state index contributed by atoms with van der Waals surface area (Å²) in [5.74, 6) is 0.450. The van der Waals surface area contributed by atoms with E-state index < -0.39 is 0 Å². The van der Waals surface area contributed by atoms with Crippen LogP contribution in [0, 0.1) is 6.92 Å². The number of morpholine rings is 1. The van der Waals surface area contributed by atoms with Crippen LogP contribution < -0.4 is 10.2 Å². The minimum Gasteiger partial charge on any atom is -0.378 e. The molecule has 4 aromatic rings. The van der Waals surface area contributed by atoms with Crippen molar-refractivity contribution in [2.75, 3.05) is 49.6 Å². The third-order valence-electron chi connectivity index (χ3n) is 7.51. The van der Waals surface area contributed by atoms with Gasteiger partial charge in [0.1, 0.15) is 22.7 Å². The van der Waals surface area contributed by atoms with E-state index in [1.807, 2.05) is 64.9 Å². The number of nitrogens with zero attached hydrogens (tertiary/aromatic N) is 4. The van der Waals surface area contributed by atoms with Crippen LogP contribution >= 0.6 is 11.3 Å². The monoisotopic (exact) mass is 557 g/mol. The highest BCUT2D eigenvalue weighted by Crippen LogP contribution is 2.33. The average Bonchev–Trinajstić information content (AvgIpc) is 3.66. The first kappa shape index (κ1) is 26.2. The first-order valence-electron chi connectivity index (χ1n) is 13.6. The molecule has 2 amide bonds. The van der Waals surface area contributed by atoms with E-state index in [1.165, 1.54) is 11.3 Å². The molecule has 0 bridgehead atoms. The van der Waals surface area contributed by atoms with E-state index >= 15 is 0 Å². The van der Waals surface area contributed by atoms with E-state index in [0.29, 0.717) is 49.0 Å². The second-order valence-electron chi connectivity index (χ2n) is 10.0. The van der Waals surface area contributed by atoms with Crippen LogP contribution in [0.25, 0.3) is 11.3 Å². The number of rotatable bonds is 6. The Balaban J connectivity index is 1.09. The Morgan fingerprint density at radius 3 is 2.48 bits per heavy atom. The third-order valence-corrected chi connectivity index (χ3v) is 8.52. The van der Waals surface area contributed by atoms with Crippen LogP contribution in [0.2, 0.25) is 0 Å². The molecule has 10 heteroatoms. The number of nitrogens with one attached hydrogen (secondary N) is 1. The van der Waals surface area contributed by atoms with Crippen LogP contribution in [0.15, 0.2) is 64.5 Å². The number of ether oxygens (including phenoxy) is 1. The SMILES string of the molecule is Cc1onc(-c2ccccc2)c1C(=O)N1CCC(c2nc(C(=O)Nc3ccccc3N3CCOCC3)cs2)CC1. The smallest absolute Gasteiger partial charge is 0.275 e. The molecule has 2 aromatic heterocycles. The molecular formula is C30H31N5O4S.